The van der Waals surface area contributed by atoms with Gasteiger partial charge in [0, 0.05) is 19.4 Å². The summed E-state index contributed by atoms with van der Waals surface area (Å²) in [7, 11) is 0. The highest BCUT2D eigenvalue weighted by molar-refractivity contribution is 7.12. The van der Waals surface area contributed by atoms with Crippen LogP contribution in [-0.4, -0.2) is 36.3 Å². The highest BCUT2D eigenvalue weighted by Crippen LogP contribution is 2.22. The van der Waals surface area contributed by atoms with Crippen LogP contribution in [0.25, 0.3) is 0 Å². The minimum atomic E-state index is -0.0816. The molecule has 1 amide bonds. The maximum atomic E-state index is 12.4. The lowest BCUT2D eigenvalue weighted by atomic mass is 10.1. The van der Waals surface area contributed by atoms with Crippen LogP contribution in [0.4, 0.5) is 0 Å². The summed E-state index contributed by atoms with van der Waals surface area (Å²) < 4.78 is 5.77. The van der Waals surface area contributed by atoms with Crippen molar-refractivity contribution < 1.29 is 14.3 Å². The highest BCUT2D eigenvalue weighted by Gasteiger charge is 2.25. The van der Waals surface area contributed by atoms with Crippen LogP contribution >= 0.6 is 11.3 Å². The molecule has 1 aliphatic heterocycles. The number of carbonyl (C=O) groups excluding carboxylic acids is 2. The second-order valence-electron chi connectivity index (χ2n) is 5.51. The van der Waals surface area contributed by atoms with E-state index < -0.39 is 0 Å². The van der Waals surface area contributed by atoms with Gasteiger partial charge in [0.15, 0.2) is 5.78 Å². The molecule has 5 heteroatoms. The number of nitrogens with zero attached hydrogens (tertiary/aromatic N) is 1. The van der Waals surface area contributed by atoms with Crippen LogP contribution in [0.3, 0.4) is 0 Å². The number of amides is 1. The zero-order chi connectivity index (χ0) is 16.1. The van der Waals surface area contributed by atoms with E-state index in [4.69, 9.17) is 4.74 Å². The molecule has 1 aromatic heterocycles. The number of morpholine rings is 1. The lowest BCUT2D eigenvalue weighted by molar-refractivity contribution is -0.139. The molecule has 23 heavy (non-hydrogen) atoms. The molecule has 1 atom stereocenters. The van der Waals surface area contributed by atoms with Gasteiger partial charge in [0.25, 0.3) is 0 Å². The largest absolute Gasteiger partial charge is 0.370 e. The van der Waals surface area contributed by atoms with Gasteiger partial charge in [-0.15, -0.1) is 11.3 Å². The molecule has 0 saturated carbocycles. The predicted molar refractivity (Wildman–Crippen MR) is 89.6 cm³/mol. The molecule has 1 saturated heterocycles. The lowest BCUT2D eigenvalue weighted by Crippen LogP contribution is -2.42. The van der Waals surface area contributed by atoms with E-state index in [1.807, 2.05) is 46.7 Å². The van der Waals surface area contributed by atoms with Crippen LogP contribution in [0.15, 0.2) is 47.8 Å². The third-order valence-electron chi connectivity index (χ3n) is 3.95. The number of benzene rings is 1. The van der Waals surface area contributed by atoms with Crippen LogP contribution < -0.4 is 0 Å². The van der Waals surface area contributed by atoms with Gasteiger partial charge >= 0.3 is 0 Å². The number of carbonyl (C=O) groups is 2. The summed E-state index contributed by atoms with van der Waals surface area (Å²) in [4.78, 5) is 26.9. The maximum Gasteiger partial charge on any atom is 0.223 e. The SMILES string of the molecule is O=C(CCC(=O)N1CCO[C@H](c2ccccc2)C1)c1cccs1. The van der Waals surface area contributed by atoms with E-state index >= 15 is 0 Å². The van der Waals surface area contributed by atoms with Crippen LogP contribution in [0.2, 0.25) is 0 Å². The van der Waals surface area contributed by atoms with Gasteiger partial charge in [-0.05, 0) is 17.0 Å². The first-order valence-electron chi connectivity index (χ1n) is 7.75. The van der Waals surface area contributed by atoms with Crippen molar-refractivity contribution in [2.75, 3.05) is 19.7 Å². The second-order valence-corrected chi connectivity index (χ2v) is 6.46. The quantitative estimate of drug-likeness (QED) is 0.791. The van der Waals surface area contributed by atoms with E-state index in [0.29, 0.717) is 19.7 Å². The van der Waals surface area contributed by atoms with Crippen molar-refractivity contribution in [3.05, 3.63) is 58.3 Å². The Morgan fingerprint density at radius 1 is 1.13 bits per heavy atom. The summed E-state index contributed by atoms with van der Waals surface area (Å²) in [5.74, 6) is 0.0698. The van der Waals surface area contributed by atoms with Gasteiger partial charge in [-0.1, -0.05) is 36.4 Å². The first-order chi connectivity index (χ1) is 11.2. The van der Waals surface area contributed by atoms with Gasteiger partial charge < -0.3 is 9.64 Å². The van der Waals surface area contributed by atoms with Crippen molar-refractivity contribution in [3.8, 4) is 0 Å². The van der Waals surface area contributed by atoms with Gasteiger partial charge in [-0.3, -0.25) is 9.59 Å². The zero-order valence-electron chi connectivity index (χ0n) is 12.8. The molecular weight excluding hydrogens is 310 g/mol. The molecule has 0 aliphatic carbocycles. The third kappa shape index (κ3) is 4.06. The zero-order valence-corrected chi connectivity index (χ0v) is 13.6. The smallest absolute Gasteiger partial charge is 0.223 e. The van der Waals surface area contributed by atoms with Crippen molar-refractivity contribution in [2.45, 2.75) is 18.9 Å². The average molecular weight is 329 g/mol. The second kappa shape index (κ2) is 7.53. The highest BCUT2D eigenvalue weighted by atomic mass is 32.1. The Bertz CT molecular complexity index is 654. The van der Waals surface area contributed by atoms with Crippen LogP contribution in [0.5, 0.6) is 0 Å². The normalized spacial score (nSPS) is 17.9. The molecule has 1 aromatic carbocycles. The van der Waals surface area contributed by atoms with Crippen LogP contribution in [0.1, 0.15) is 34.2 Å². The lowest BCUT2D eigenvalue weighted by Gasteiger charge is -2.33. The van der Waals surface area contributed by atoms with Crippen LogP contribution in [0, 0.1) is 0 Å². The van der Waals surface area contributed by atoms with E-state index in [-0.39, 0.29) is 30.6 Å². The predicted octanol–water partition coefficient (Wildman–Crippen LogP) is 3.31. The molecule has 120 valence electrons. The molecule has 1 fully saturated rings. The number of ether oxygens (including phenoxy) is 1. The Labute approximate surface area is 139 Å². The molecule has 0 N–H and O–H groups in total. The molecule has 0 spiro atoms. The van der Waals surface area contributed by atoms with Crippen molar-refractivity contribution in [3.63, 3.8) is 0 Å². The van der Waals surface area contributed by atoms with E-state index in [2.05, 4.69) is 0 Å². The van der Waals surface area contributed by atoms with Crippen molar-refractivity contribution >= 4 is 23.0 Å². The topological polar surface area (TPSA) is 46.6 Å². The Morgan fingerprint density at radius 2 is 1.96 bits per heavy atom. The fourth-order valence-electron chi connectivity index (χ4n) is 2.68. The van der Waals surface area contributed by atoms with Crippen molar-refractivity contribution in [1.29, 1.82) is 0 Å². The summed E-state index contributed by atoms with van der Waals surface area (Å²) in [5.41, 5.74) is 1.08. The first-order valence-corrected chi connectivity index (χ1v) is 8.63. The minimum Gasteiger partial charge on any atom is -0.370 e. The molecule has 0 radical (unpaired) electrons. The molecule has 3 rings (SSSR count). The van der Waals surface area contributed by atoms with Gasteiger partial charge in [0.2, 0.25) is 5.91 Å². The fourth-order valence-corrected chi connectivity index (χ4v) is 3.38. The number of hydrogen-bond donors (Lipinski definition) is 0. The Balaban J connectivity index is 1.54. The summed E-state index contributed by atoms with van der Waals surface area (Å²) in [5, 5.41) is 1.88. The van der Waals surface area contributed by atoms with Crippen molar-refractivity contribution in [1.82, 2.24) is 4.90 Å². The van der Waals surface area contributed by atoms with Crippen molar-refractivity contribution in [2.24, 2.45) is 0 Å². The third-order valence-corrected chi connectivity index (χ3v) is 4.86. The molecule has 2 aromatic rings. The Kier molecular flexibility index (Phi) is 5.20. The van der Waals surface area contributed by atoms with E-state index in [0.717, 1.165) is 10.4 Å². The Morgan fingerprint density at radius 3 is 2.70 bits per heavy atom. The maximum absolute atomic E-state index is 12.4. The van der Waals surface area contributed by atoms with Gasteiger partial charge in [-0.2, -0.15) is 0 Å². The summed E-state index contributed by atoms with van der Waals surface area (Å²) in [6, 6.07) is 13.6. The van der Waals surface area contributed by atoms with Gasteiger partial charge in [0.05, 0.1) is 18.0 Å². The average Bonchev–Trinajstić information content (AvgIpc) is 3.15. The van der Waals surface area contributed by atoms with Gasteiger partial charge in [-0.25, -0.2) is 0 Å². The molecule has 2 heterocycles. The summed E-state index contributed by atoms with van der Waals surface area (Å²) in [6.45, 7) is 1.68. The number of Topliss-reactive ketones (excluding diaryl/α,β-unsaturated/α-hetero) is 1. The fraction of sp³-hybridized carbons (Fsp3) is 0.333. The molecular formula is C18H19NO3S. The van der Waals surface area contributed by atoms with E-state index in [1.54, 1.807) is 6.07 Å². The van der Waals surface area contributed by atoms with E-state index in [9.17, 15) is 9.59 Å². The molecule has 1 aliphatic rings. The molecule has 0 bridgehead atoms. The molecule has 0 unspecified atom stereocenters. The number of hydrogen-bond acceptors (Lipinski definition) is 4. The number of rotatable bonds is 5. The van der Waals surface area contributed by atoms with E-state index in [1.165, 1.54) is 11.3 Å². The standard InChI is InChI=1S/C18H19NO3S/c20-15(17-7-4-12-23-17)8-9-18(21)19-10-11-22-16(13-19)14-5-2-1-3-6-14/h1-7,12,16H,8-11,13H2/t16-/m0/s1. The number of ketones is 1. The van der Waals surface area contributed by atoms with Crippen LogP contribution in [-0.2, 0) is 9.53 Å². The Hall–Kier alpha value is -1.98. The first kappa shape index (κ1) is 15.9. The number of thiophene rings is 1. The summed E-state index contributed by atoms with van der Waals surface area (Å²) >= 11 is 1.42. The monoisotopic (exact) mass is 329 g/mol. The molecule has 4 nitrogen and oxygen atoms in total. The minimum absolute atomic E-state index is 0.0270. The van der Waals surface area contributed by atoms with Gasteiger partial charge in [0.1, 0.15) is 6.10 Å². The summed E-state index contributed by atoms with van der Waals surface area (Å²) in [6.07, 6.45) is 0.451.